The summed E-state index contributed by atoms with van der Waals surface area (Å²) in [5.74, 6) is 2.51. The third-order valence-corrected chi connectivity index (χ3v) is 3.42. The monoisotopic (exact) mass is 294 g/mol. The summed E-state index contributed by atoms with van der Waals surface area (Å²) >= 11 is 5.93. The van der Waals surface area contributed by atoms with Crippen molar-refractivity contribution in [3.05, 3.63) is 34.9 Å². The van der Waals surface area contributed by atoms with Gasteiger partial charge in [0.2, 0.25) is 0 Å². The number of hydrogen-bond acceptors (Lipinski definition) is 1. The van der Waals surface area contributed by atoms with E-state index in [1.54, 1.807) is 12.1 Å². The molecule has 1 aromatic carbocycles. The minimum Gasteiger partial charge on any atom is -0.373 e. The van der Waals surface area contributed by atoms with Gasteiger partial charge < -0.3 is 5.11 Å². The van der Waals surface area contributed by atoms with Crippen molar-refractivity contribution in [2.45, 2.75) is 64.9 Å². The van der Waals surface area contributed by atoms with Gasteiger partial charge in [-0.2, -0.15) is 0 Å². The predicted molar refractivity (Wildman–Crippen MR) is 88.9 cm³/mol. The molecule has 0 aliphatic heterocycles. The minimum absolute atomic E-state index is 0.591. The molecular weight excluding hydrogens is 268 g/mol. The molecule has 2 heteroatoms. The number of aliphatic hydroxyl groups is 1. The molecule has 0 fully saturated rings. The SMILES string of the molecule is C#CC(O)(CCCCCCC)c1cccc(Cl)c1.CC. The van der Waals surface area contributed by atoms with Crippen molar-refractivity contribution >= 4 is 11.6 Å². The fourth-order valence-electron chi connectivity index (χ4n) is 2.03. The number of hydrogen-bond donors (Lipinski definition) is 1. The molecule has 1 N–H and O–H groups in total. The van der Waals surface area contributed by atoms with Gasteiger partial charge in [0, 0.05) is 5.02 Å². The molecule has 1 rings (SSSR count). The van der Waals surface area contributed by atoms with Crippen LogP contribution in [0.5, 0.6) is 0 Å². The summed E-state index contributed by atoms with van der Waals surface area (Å²) in [6.07, 6.45) is 11.8. The fraction of sp³-hybridized carbons (Fsp3) is 0.556. The van der Waals surface area contributed by atoms with Crippen molar-refractivity contribution in [3.63, 3.8) is 0 Å². The lowest BCUT2D eigenvalue weighted by Crippen LogP contribution is -2.23. The maximum absolute atomic E-state index is 10.5. The lowest BCUT2D eigenvalue weighted by molar-refractivity contribution is 0.0871. The number of benzene rings is 1. The molecule has 0 saturated carbocycles. The first-order chi connectivity index (χ1) is 9.62. The van der Waals surface area contributed by atoms with E-state index in [-0.39, 0.29) is 0 Å². The smallest absolute Gasteiger partial charge is 0.150 e. The van der Waals surface area contributed by atoms with Gasteiger partial charge in [-0.3, -0.25) is 0 Å². The van der Waals surface area contributed by atoms with Crippen LogP contribution < -0.4 is 0 Å². The van der Waals surface area contributed by atoms with Crippen molar-refractivity contribution in [3.8, 4) is 12.3 Å². The largest absolute Gasteiger partial charge is 0.373 e. The molecule has 20 heavy (non-hydrogen) atoms. The number of rotatable bonds is 7. The molecule has 0 bridgehead atoms. The van der Waals surface area contributed by atoms with Crippen LogP contribution in [0.15, 0.2) is 24.3 Å². The van der Waals surface area contributed by atoms with Crippen molar-refractivity contribution in [2.24, 2.45) is 0 Å². The molecule has 0 amide bonds. The second kappa shape index (κ2) is 10.8. The van der Waals surface area contributed by atoms with E-state index in [1.165, 1.54) is 19.3 Å². The normalized spacial score (nSPS) is 12.8. The highest BCUT2D eigenvalue weighted by molar-refractivity contribution is 6.30. The lowest BCUT2D eigenvalue weighted by atomic mass is 9.89. The van der Waals surface area contributed by atoms with Crippen LogP contribution >= 0.6 is 11.6 Å². The molecule has 0 aromatic heterocycles. The Labute approximate surface area is 129 Å². The van der Waals surface area contributed by atoms with Gasteiger partial charge in [0.25, 0.3) is 0 Å². The maximum atomic E-state index is 10.5. The summed E-state index contributed by atoms with van der Waals surface area (Å²) in [5.41, 5.74) is -0.468. The Morgan fingerprint density at radius 1 is 1.20 bits per heavy atom. The minimum atomic E-state index is -1.18. The highest BCUT2D eigenvalue weighted by Crippen LogP contribution is 2.28. The summed E-state index contributed by atoms with van der Waals surface area (Å²) in [4.78, 5) is 0. The summed E-state index contributed by atoms with van der Waals surface area (Å²) in [5, 5.41) is 11.1. The van der Waals surface area contributed by atoms with Crippen LogP contribution in [0.4, 0.5) is 0 Å². The number of terminal acetylenes is 1. The molecule has 1 nitrogen and oxygen atoms in total. The van der Waals surface area contributed by atoms with Crippen molar-refractivity contribution < 1.29 is 5.11 Å². The zero-order chi connectivity index (χ0) is 15.4. The second-order valence-electron chi connectivity index (χ2n) is 4.68. The van der Waals surface area contributed by atoms with E-state index in [9.17, 15) is 5.11 Å². The van der Waals surface area contributed by atoms with Gasteiger partial charge in [-0.05, 0) is 30.5 Å². The summed E-state index contributed by atoms with van der Waals surface area (Å²) in [6.45, 7) is 6.18. The van der Waals surface area contributed by atoms with Gasteiger partial charge in [-0.1, -0.05) is 76.1 Å². The van der Waals surface area contributed by atoms with Gasteiger partial charge in [0.05, 0.1) is 0 Å². The van der Waals surface area contributed by atoms with E-state index in [4.69, 9.17) is 18.0 Å². The Hall–Kier alpha value is -0.970. The maximum Gasteiger partial charge on any atom is 0.150 e. The molecule has 112 valence electrons. The first kappa shape index (κ1) is 19.0. The molecule has 0 aliphatic rings. The topological polar surface area (TPSA) is 20.2 Å². The zero-order valence-electron chi connectivity index (χ0n) is 13.0. The molecule has 0 saturated heterocycles. The van der Waals surface area contributed by atoms with Crippen LogP contribution in [0.1, 0.15) is 64.9 Å². The van der Waals surface area contributed by atoms with Gasteiger partial charge in [-0.15, -0.1) is 6.42 Å². The molecule has 1 aromatic rings. The second-order valence-corrected chi connectivity index (χ2v) is 5.12. The molecule has 1 atom stereocenters. The van der Waals surface area contributed by atoms with Crippen molar-refractivity contribution in [1.82, 2.24) is 0 Å². The number of unbranched alkanes of at least 4 members (excludes halogenated alkanes) is 4. The van der Waals surface area contributed by atoms with Crippen LogP contribution in [-0.4, -0.2) is 5.11 Å². The Morgan fingerprint density at radius 2 is 1.85 bits per heavy atom. The highest BCUT2D eigenvalue weighted by Gasteiger charge is 2.25. The molecule has 0 spiro atoms. The van der Waals surface area contributed by atoms with E-state index in [1.807, 2.05) is 26.0 Å². The average Bonchev–Trinajstić information content (AvgIpc) is 2.49. The summed E-state index contributed by atoms with van der Waals surface area (Å²) in [7, 11) is 0. The van der Waals surface area contributed by atoms with E-state index < -0.39 is 5.60 Å². The quantitative estimate of drug-likeness (QED) is 0.516. The first-order valence-corrected chi connectivity index (χ1v) is 7.96. The van der Waals surface area contributed by atoms with E-state index in [0.29, 0.717) is 17.0 Å². The van der Waals surface area contributed by atoms with Gasteiger partial charge in [0.1, 0.15) is 0 Å². The van der Waals surface area contributed by atoms with Gasteiger partial charge >= 0.3 is 0 Å². The Bertz CT molecular complexity index is 408. The van der Waals surface area contributed by atoms with Crippen LogP contribution in [-0.2, 0) is 5.60 Å². The Kier molecular flexibility index (Phi) is 10.3. The predicted octanol–water partition coefficient (Wildman–Crippen LogP) is 5.55. The molecule has 0 radical (unpaired) electrons. The van der Waals surface area contributed by atoms with E-state index >= 15 is 0 Å². The highest BCUT2D eigenvalue weighted by atomic mass is 35.5. The summed E-state index contributed by atoms with van der Waals surface area (Å²) < 4.78 is 0. The fourth-order valence-corrected chi connectivity index (χ4v) is 2.22. The van der Waals surface area contributed by atoms with Crippen LogP contribution in [0, 0.1) is 12.3 Å². The van der Waals surface area contributed by atoms with E-state index in [2.05, 4.69) is 12.8 Å². The standard InChI is InChI=1S/C16H21ClO.C2H6/c1-3-5-6-7-8-12-16(18,4-2)14-10-9-11-15(17)13-14;1-2/h2,9-11,13,18H,3,5-8,12H2,1H3;1-2H3. The number of halogens is 1. The molecule has 0 aliphatic carbocycles. The third-order valence-electron chi connectivity index (χ3n) is 3.18. The molecule has 1 unspecified atom stereocenters. The zero-order valence-corrected chi connectivity index (χ0v) is 13.7. The average molecular weight is 295 g/mol. The van der Waals surface area contributed by atoms with Crippen molar-refractivity contribution in [1.29, 1.82) is 0 Å². The molecular formula is C18H27ClO. The van der Waals surface area contributed by atoms with E-state index in [0.717, 1.165) is 12.8 Å². The van der Waals surface area contributed by atoms with Crippen LogP contribution in [0.2, 0.25) is 5.02 Å². The first-order valence-electron chi connectivity index (χ1n) is 7.58. The Balaban J connectivity index is 0.00000172. The van der Waals surface area contributed by atoms with Crippen LogP contribution in [0.3, 0.4) is 0 Å². The van der Waals surface area contributed by atoms with Gasteiger partial charge in [0.15, 0.2) is 5.60 Å². The van der Waals surface area contributed by atoms with Gasteiger partial charge in [-0.25, -0.2) is 0 Å². The van der Waals surface area contributed by atoms with Crippen LogP contribution in [0.25, 0.3) is 0 Å². The molecule has 0 heterocycles. The van der Waals surface area contributed by atoms with Crippen molar-refractivity contribution in [2.75, 3.05) is 0 Å². The Morgan fingerprint density at radius 3 is 2.40 bits per heavy atom. The third kappa shape index (κ3) is 6.46. The summed E-state index contributed by atoms with van der Waals surface area (Å²) in [6, 6.07) is 7.17. The lowest BCUT2D eigenvalue weighted by Gasteiger charge is -2.23.